The van der Waals surface area contributed by atoms with E-state index in [0.717, 1.165) is 94.3 Å². The lowest BCUT2D eigenvalue weighted by Crippen LogP contribution is -2.28. The third kappa shape index (κ3) is 11.5. The zero-order chi connectivity index (χ0) is 84.4. The molecular formula is C121H77N7. The topological polar surface area (TPSA) is 74.3 Å². The molecule has 0 unspecified atom stereocenters. The Morgan fingerprint density at radius 3 is 0.820 bits per heavy atom. The largest absolute Gasteiger partial charge is 0.309 e. The van der Waals surface area contributed by atoms with Crippen molar-refractivity contribution in [2.24, 2.45) is 0 Å². The van der Waals surface area contributed by atoms with Crippen LogP contribution in [0.1, 0.15) is 44.5 Å². The highest BCUT2D eigenvalue weighted by molar-refractivity contribution is 6.22. The van der Waals surface area contributed by atoms with Crippen LogP contribution in [-0.2, 0) is 10.8 Å². The summed E-state index contributed by atoms with van der Waals surface area (Å²) in [5.41, 5.74) is 32.2. The molecule has 0 fully saturated rings. The van der Waals surface area contributed by atoms with Crippen molar-refractivity contribution < 1.29 is 0 Å². The molecular weight excluding hydrogens is 1550 g/mol. The Balaban J connectivity index is 0.000000142. The molecule has 0 aliphatic heterocycles. The summed E-state index contributed by atoms with van der Waals surface area (Å²) in [6.07, 6.45) is 0. The maximum absolute atomic E-state index is 5.52. The maximum Gasteiger partial charge on any atom is 0.164 e. The smallest absolute Gasteiger partial charge is 0.164 e. The normalized spacial score (nSPS) is 12.8. The minimum Gasteiger partial charge on any atom is -0.309 e. The Kier molecular flexibility index (Phi) is 17.3. The van der Waals surface area contributed by atoms with Crippen molar-refractivity contribution in [2.45, 2.75) is 10.8 Å². The first-order chi connectivity index (χ1) is 63.5. The lowest BCUT2D eigenvalue weighted by molar-refractivity contribution is 0.769. The van der Waals surface area contributed by atoms with Gasteiger partial charge in [0.1, 0.15) is 0 Å². The number of hydrogen-bond donors (Lipinski definition) is 0. The van der Waals surface area contributed by atoms with Crippen molar-refractivity contribution in [3.8, 4) is 101 Å². The molecule has 2 aliphatic rings. The van der Waals surface area contributed by atoms with Gasteiger partial charge in [0.15, 0.2) is 17.5 Å². The van der Waals surface area contributed by atoms with Crippen LogP contribution < -0.4 is 0 Å². The number of para-hydroxylation sites is 6. The Hall–Kier alpha value is -16.9. The van der Waals surface area contributed by atoms with E-state index < -0.39 is 10.8 Å². The van der Waals surface area contributed by atoms with Gasteiger partial charge >= 0.3 is 0 Å². The summed E-state index contributed by atoms with van der Waals surface area (Å²) in [5, 5.41) is 12.0. The minimum absolute atomic E-state index is 0.490. The second-order valence-electron chi connectivity index (χ2n) is 33.5. The van der Waals surface area contributed by atoms with Crippen LogP contribution >= 0.6 is 0 Å². The van der Waals surface area contributed by atoms with Crippen LogP contribution in [0.25, 0.3) is 188 Å². The van der Waals surface area contributed by atoms with Gasteiger partial charge in [-0.15, -0.1) is 0 Å². The van der Waals surface area contributed by atoms with E-state index >= 15 is 0 Å². The van der Waals surface area contributed by atoms with E-state index in [1.807, 2.05) is 60.7 Å². The number of pyridine rings is 2. The predicted octanol–water partition coefficient (Wildman–Crippen LogP) is 29.9. The number of aromatic nitrogens is 7. The molecule has 2 aliphatic carbocycles. The molecule has 0 spiro atoms. The molecule has 7 nitrogen and oxygen atoms in total. The molecule has 0 atom stereocenters. The zero-order valence-corrected chi connectivity index (χ0v) is 69.6. The van der Waals surface area contributed by atoms with E-state index in [-0.39, 0.29) is 0 Å². The first-order valence-corrected chi connectivity index (χ1v) is 43.9. The maximum atomic E-state index is 5.52. The number of fused-ring (bicyclic) bond motifs is 20. The molecule has 0 saturated carbocycles. The van der Waals surface area contributed by atoms with Gasteiger partial charge in [-0.2, -0.15) is 0 Å². The Labute approximate surface area is 739 Å². The van der Waals surface area contributed by atoms with Gasteiger partial charge < -0.3 is 9.13 Å². The number of rotatable bonds is 12. The predicted molar refractivity (Wildman–Crippen MR) is 528 cm³/mol. The highest BCUT2D eigenvalue weighted by Gasteiger charge is 2.49. The number of benzene rings is 19. The molecule has 0 radical (unpaired) electrons. The third-order valence-corrected chi connectivity index (χ3v) is 26.8. The van der Waals surface area contributed by atoms with Crippen molar-refractivity contribution in [1.29, 1.82) is 0 Å². The molecule has 0 bridgehead atoms. The van der Waals surface area contributed by atoms with E-state index in [1.165, 1.54) is 121 Å². The fraction of sp³-hybridized carbons (Fsp3) is 0.0165. The summed E-state index contributed by atoms with van der Waals surface area (Å²) in [4.78, 5) is 25.7. The second kappa shape index (κ2) is 30.0. The SMILES string of the molecule is c1ccc(-c2nc(-c3ccccc3)nc(-c3ccc(-c4nc5ccccc5c5c6c(ccc45)C(c4ccccc4)(c4ccccc4)c4ccccc4-6)cc3)n2)cc1.c1ccc(C2(c3ccccc3)c3ccccc3-c3c2ccc2c(-c4ccc(-c5cc(-n6c7ccccc7c7ccccc76)cc(-n6c7ccccc7c7ccccc76)c5)cc4)nc4ccccc4c32)cc1. The van der Waals surface area contributed by atoms with Crippen LogP contribution in [0.3, 0.4) is 0 Å². The Morgan fingerprint density at radius 1 is 0.180 bits per heavy atom. The van der Waals surface area contributed by atoms with Crippen LogP contribution in [0, 0.1) is 0 Å². The summed E-state index contributed by atoms with van der Waals surface area (Å²) >= 11 is 0. The molecule has 5 aromatic heterocycles. The molecule has 7 heteroatoms. The molecule has 19 aromatic carbocycles. The van der Waals surface area contributed by atoms with Crippen molar-refractivity contribution in [3.05, 3.63) is 512 Å². The third-order valence-electron chi connectivity index (χ3n) is 26.8. The van der Waals surface area contributed by atoms with Crippen LogP contribution in [0.2, 0.25) is 0 Å². The second-order valence-corrected chi connectivity index (χ2v) is 33.5. The summed E-state index contributed by atoms with van der Waals surface area (Å²) in [7, 11) is 0. The van der Waals surface area contributed by atoms with Crippen molar-refractivity contribution in [3.63, 3.8) is 0 Å². The molecule has 0 amide bonds. The molecule has 0 saturated heterocycles. The van der Waals surface area contributed by atoms with Gasteiger partial charge in [-0.3, -0.25) is 0 Å². The standard InChI is InChI=1S/C68H43N3.C53H34N4/c1-3-19-47(20-4-1)68(48-21-5-2-6-22-48)58-29-13-7-27-55(58)66-59(68)40-39-57-65(66)56-28-8-14-30-60(56)69-67(57)45-37-35-44(36-38-45)46-41-49(70-61-31-15-9-23-51(61)52-24-10-16-32-62(52)70)43-50(42-46)71-63-33-17-11-25-53(63)54-26-12-18-34-64(54)71;1-5-17-36(18-6-1)50-55-51(37-19-7-2-8-20-37)57-52(56-50)38-31-29-35(30-32-38)49-43-33-34-45-48(47(43)42-26-14-16-28-46(42)54-49)41-25-13-15-27-44(41)53(45,39-21-9-3-10-22-39)40-23-11-4-12-24-40/h1-43H;1-34H. The van der Waals surface area contributed by atoms with Crippen LogP contribution in [-0.4, -0.2) is 34.1 Å². The zero-order valence-electron chi connectivity index (χ0n) is 69.6. The lowest BCUT2D eigenvalue weighted by Gasteiger charge is -2.34. The summed E-state index contributed by atoms with van der Waals surface area (Å²) in [5.74, 6) is 1.90. The van der Waals surface area contributed by atoms with Gasteiger partial charge in [0.2, 0.25) is 0 Å². The Bertz CT molecular complexity index is 8150. The molecule has 128 heavy (non-hydrogen) atoms. The van der Waals surface area contributed by atoms with E-state index in [4.69, 9.17) is 24.9 Å². The number of nitrogens with zero attached hydrogens (tertiary/aromatic N) is 7. The van der Waals surface area contributed by atoms with Crippen molar-refractivity contribution in [1.82, 2.24) is 34.1 Å². The molecule has 24 aromatic rings. The van der Waals surface area contributed by atoms with Gasteiger partial charge in [0.25, 0.3) is 0 Å². The molecule has 26 rings (SSSR count). The van der Waals surface area contributed by atoms with E-state index in [0.29, 0.717) is 17.5 Å². The minimum atomic E-state index is -0.499. The lowest BCUT2D eigenvalue weighted by atomic mass is 9.67. The first-order valence-electron chi connectivity index (χ1n) is 43.9. The van der Waals surface area contributed by atoms with Crippen LogP contribution in [0.4, 0.5) is 0 Å². The van der Waals surface area contributed by atoms with Crippen molar-refractivity contribution >= 4 is 87.0 Å². The average Bonchev–Trinajstić information content (AvgIpc) is 1.52. The molecule has 596 valence electrons. The fourth-order valence-electron chi connectivity index (χ4n) is 21.3. The summed E-state index contributed by atoms with van der Waals surface area (Å²) in [6, 6.07) is 169. The van der Waals surface area contributed by atoms with E-state index in [9.17, 15) is 0 Å². The Morgan fingerprint density at radius 2 is 0.461 bits per heavy atom. The molecule has 0 N–H and O–H groups in total. The first kappa shape index (κ1) is 73.8. The fourth-order valence-corrected chi connectivity index (χ4v) is 21.3. The van der Waals surface area contributed by atoms with Crippen LogP contribution in [0.15, 0.2) is 467 Å². The van der Waals surface area contributed by atoms with Gasteiger partial charge in [-0.05, 0) is 132 Å². The summed E-state index contributed by atoms with van der Waals surface area (Å²) in [6.45, 7) is 0. The monoisotopic (exact) mass is 1630 g/mol. The quantitative estimate of drug-likeness (QED) is 0.114. The van der Waals surface area contributed by atoms with Crippen molar-refractivity contribution in [2.75, 3.05) is 0 Å². The highest BCUT2D eigenvalue weighted by Crippen LogP contribution is 2.61. The van der Waals surface area contributed by atoms with Gasteiger partial charge in [0.05, 0.1) is 55.3 Å². The number of hydrogen-bond acceptors (Lipinski definition) is 5. The van der Waals surface area contributed by atoms with E-state index in [1.54, 1.807) is 0 Å². The summed E-state index contributed by atoms with van der Waals surface area (Å²) < 4.78 is 4.87. The van der Waals surface area contributed by atoms with Gasteiger partial charge in [-0.25, -0.2) is 24.9 Å². The van der Waals surface area contributed by atoms with Crippen LogP contribution in [0.5, 0.6) is 0 Å². The van der Waals surface area contributed by atoms with Gasteiger partial charge in [-0.1, -0.05) is 413 Å². The average molecular weight is 1630 g/mol. The van der Waals surface area contributed by atoms with Gasteiger partial charge in [0, 0.05) is 93.1 Å². The van der Waals surface area contributed by atoms with E-state index in [2.05, 4.69) is 416 Å². The highest BCUT2D eigenvalue weighted by atomic mass is 15.0. The molecule has 5 heterocycles.